The second kappa shape index (κ2) is 8.16. The molecule has 0 aromatic heterocycles. The second-order valence-corrected chi connectivity index (χ2v) is 5.32. The molecule has 1 atom stereocenters. The van der Waals surface area contributed by atoms with Gasteiger partial charge in [-0.25, -0.2) is 4.39 Å². The van der Waals surface area contributed by atoms with Gasteiger partial charge < -0.3 is 10.1 Å². The van der Waals surface area contributed by atoms with Gasteiger partial charge in [0.15, 0.2) is 0 Å². The Kier molecular flexibility index (Phi) is 6.85. The van der Waals surface area contributed by atoms with Crippen LogP contribution < -0.4 is 10.1 Å². The molecule has 0 amide bonds. The molecule has 1 aromatic rings. The molecule has 19 heavy (non-hydrogen) atoms. The van der Waals surface area contributed by atoms with E-state index in [0.717, 1.165) is 19.4 Å². The van der Waals surface area contributed by atoms with E-state index >= 15 is 0 Å². The number of nitrogens with one attached hydrogen (secondary N) is 1. The summed E-state index contributed by atoms with van der Waals surface area (Å²) >= 11 is 0. The molecule has 0 aliphatic carbocycles. The molecule has 1 rings (SSSR count). The van der Waals surface area contributed by atoms with Crippen molar-refractivity contribution in [1.82, 2.24) is 5.32 Å². The Morgan fingerprint density at radius 3 is 2.63 bits per heavy atom. The van der Waals surface area contributed by atoms with Crippen molar-refractivity contribution in [1.29, 1.82) is 0 Å². The first kappa shape index (κ1) is 16.0. The predicted octanol–water partition coefficient (Wildman–Crippen LogP) is 4.31. The van der Waals surface area contributed by atoms with Gasteiger partial charge in [0, 0.05) is 11.6 Å². The average Bonchev–Trinajstić information content (AvgIpc) is 2.34. The predicted molar refractivity (Wildman–Crippen MR) is 78.1 cm³/mol. The molecule has 1 N–H and O–H groups in total. The molecular weight excluding hydrogens is 241 g/mol. The lowest BCUT2D eigenvalue weighted by atomic mass is 10.1. The zero-order chi connectivity index (χ0) is 14.3. The van der Waals surface area contributed by atoms with E-state index in [1.807, 2.05) is 19.9 Å². The van der Waals surface area contributed by atoms with Gasteiger partial charge in [-0.1, -0.05) is 26.8 Å². The number of rotatable bonds is 8. The summed E-state index contributed by atoms with van der Waals surface area (Å²) in [6.45, 7) is 9.82. The molecule has 0 fully saturated rings. The summed E-state index contributed by atoms with van der Waals surface area (Å²) < 4.78 is 19.7. The minimum atomic E-state index is -0.199. The Bertz CT molecular complexity index is 379. The molecule has 3 heteroatoms. The highest BCUT2D eigenvalue weighted by Gasteiger charge is 2.15. The van der Waals surface area contributed by atoms with Crippen molar-refractivity contribution in [3.63, 3.8) is 0 Å². The summed E-state index contributed by atoms with van der Waals surface area (Å²) in [4.78, 5) is 0. The lowest BCUT2D eigenvalue weighted by molar-refractivity contribution is 0.290. The molecule has 0 radical (unpaired) electrons. The van der Waals surface area contributed by atoms with Gasteiger partial charge in [0.05, 0.1) is 6.61 Å². The number of halogens is 1. The summed E-state index contributed by atoms with van der Waals surface area (Å²) in [6, 6.07) is 5.01. The highest BCUT2D eigenvalue weighted by atomic mass is 19.1. The Balaban J connectivity index is 2.68. The third kappa shape index (κ3) is 5.19. The third-order valence-corrected chi connectivity index (χ3v) is 3.14. The minimum Gasteiger partial charge on any atom is -0.493 e. The maximum Gasteiger partial charge on any atom is 0.131 e. The van der Waals surface area contributed by atoms with Crippen LogP contribution in [0.4, 0.5) is 4.39 Å². The van der Waals surface area contributed by atoms with Crippen molar-refractivity contribution in [2.24, 2.45) is 5.92 Å². The van der Waals surface area contributed by atoms with E-state index < -0.39 is 0 Å². The number of hydrogen-bond acceptors (Lipinski definition) is 2. The maximum absolute atomic E-state index is 13.9. The van der Waals surface area contributed by atoms with Crippen LogP contribution in [-0.4, -0.2) is 13.2 Å². The lowest BCUT2D eigenvalue weighted by Gasteiger charge is -2.18. The van der Waals surface area contributed by atoms with Gasteiger partial charge in [-0.05, 0) is 44.4 Å². The molecular formula is C16H26FNO. The molecule has 108 valence electrons. The molecule has 0 aliphatic heterocycles. The fourth-order valence-corrected chi connectivity index (χ4v) is 2.15. The van der Waals surface area contributed by atoms with Gasteiger partial charge in [0.1, 0.15) is 11.6 Å². The quantitative estimate of drug-likeness (QED) is 0.709. The van der Waals surface area contributed by atoms with Crippen LogP contribution in [0.25, 0.3) is 0 Å². The molecule has 1 unspecified atom stereocenters. The van der Waals surface area contributed by atoms with E-state index in [0.29, 0.717) is 23.8 Å². The van der Waals surface area contributed by atoms with E-state index in [1.165, 1.54) is 6.07 Å². The topological polar surface area (TPSA) is 21.3 Å². The molecule has 0 spiro atoms. The summed E-state index contributed by atoms with van der Waals surface area (Å²) in [5.41, 5.74) is 0.633. The number of hydrogen-bond donors (Lipinski definition) is 1. The SMILES string of the molecule is CCNC(C)c1c(F)cccc1OCCCC(C)C. The lowest BCUT2D eigenvalue weighted by Crippen LogP contribution is -2.20. The van der Waals surface area contributed by atoms with E-state index in [1.54, 1.807) is 6.07 Å². The normalized spacial score (nSPS) is 12.7. The third-order valence-electron chi connectivity index (χ3n) is 3.14. The molecule has 0 saturated carbocycles. The monoisotopic (exact) mass is 267 g/mol. The standard InChI is InChI=1S/C16H26FNO/c1-5-18-13(4)16-14(17)9-6-10-15(16)19-11-7-8-12(2)3/h6,9-10,12-13,18H,5,7-8,11H2,1-4H3. The van der Waals surface area contributed by atoms with Gasteiger partial charge in [0.2, 0.25) is 0 Å². The zero-order valence-corrected chi connectivity index (χ0v) is 12.5. The van der Waals surface area contributed by atoms with Crippen molar-refractivity contribution in [2.75, 3.05) is 13.2 Å². The summed E-state index contributed by atoms with van der Waals surface area (Å²) in [7, 11) is 0. The highest BCUT2D eigenvalue weighted by molar-refractivity contribution is 5.37. The molecule has 2 nitrogen and oxygen atoms in total. The van der Waals surface area contributed by atoms with Gasteiger partial charge >= 0.3 is 0 Å². The van der Waals surface area contributed by atoms with E-state index in [4.69, 9.17) is 4.74 Å². The van der Waals surface area contributed by atoms with Crippen molar-refractivity contribution in [2.45, 2.75) is 46.6 Å². The van der Waals surface area contributed by atoms with Crippen molar-refractivity contribution in [3.05, 3.63) is 29.6 Å². The van der Waals surface area contributed by atoms with Crippen LogP contribution in [0.15, 0.2) is 18.2 Å². The first-order valence-electron chi connectivity index (χ1n) is 7.20. The zero-order valence-electron chi connectivity index (χ0n) is 12.5. The summed E-state index contributed by atoms with van der Waals surface area (Å²) in [5, 5.41) is 3.23. The largest absolute Gasteiger partial charge is 0.493 e. The highest BCUT2D eigenvalue weighted by Crippen LogP contribution is 2.28. The molecule has 1 aromatic carbocycles. The number of benzene rings is 1. The Labute approximate surface area is 116 Å². The first-order chi connectivity index (χ1) is 9.06. The molecule has 0 heterocycles. The van der Waals surface area contributed by atoms with E-state index in [2.05, 4.69) is 19.2 Å². The smallest absolute Gasteiger partial charge is 0.131 e. The van der Waals surface area contributed by atoms with Crippen LogP contribution in [0, 0.1) is 11.7 Å². The van der Waals surface area contributed by atoms with Crippen LogP contribution >= 0.6 is 0 Å². The molecule has 0 bridgehead atoms. The fourth-order valence-electron chi connectivity index (χ4n) is 2.15. The van der Waals surface area contributed by atoms with Gasteiger partial charge in [-0.15, -0.1) is 0 Å². The van der Waals surface area contributed by atoms with Crippen molar-refractivity contribution >= 4 is 0 Å². The minimum absolute atomic E-state index is 0.0358. The molecule has 0 aliphatic rings. The average molecular weight is 267 g/mol. The van der Waals surface area contributed by atoms with E-state index in [-0.39, 0.29) is 11.9 Å². The van der Waals surface area contributed by atoms with Gasteiger partial charge in [-0.2, -0.15) is 0 Å². The summed E-state index contributed by atoms with van der Waals surface area (Å²) in [6.07, 6.45) is 2.14. The maximum atomic E-state index is 13.9. The van der Waals surface area contributed by atoms with E-state index in [9.17, 15) is 4.39 Å². The van der Waals surface area contributed by atoms with Crippen LogP contribution in [0.1, 0.15) is 52.1 Å². The van der Waals surface area contributed by atoms with Crippen LogP contribution in [-0.2, 0) is 0 Å². The van der Waals surface area contributed by atoms with Crippen LogP contribution in [0.2, 0.25) is 0 Å². The van der Waals surface area contributed by atoms with Crippen LogP contribution in [0.5, 0.6) is 5.75 Å². The second-order valence-electron chi connectivity index (χ2n) is 5.32. The van der Waals surface area contributed by atoms with Crippen LogP contribution in [0.3, 0.4) is 0 Å². The summed E-state index contributed by atoms with van der Waals surface area (Å²) in [5.74, 6) is 1.14. The molecule has 0 saturated heterocycles. The van der Waals surface area contributed by atoms with Crippen molar-refractivity contribution < 1.29 is 9.13 Å². The van der Waals surface area contributed by atoms with Crippen molar-refractivity contribution in [3.8, 4) is 5.75 Å². The fraction of sp³-hybridized carbons (Fsp3) is 0.625. The Hall–Kier alpha value is -1.09. The number of ether oxygens (including phenoxy) is 1. The van der Waals surface area contributed by atoms with Gasteiger partial charge in [0.25, 0.3) is 0 Å². The Morgan fingerprint density at radius 2 is 2.00 bits per heavy atom. The Morgan fingerprint density at radius 1 is 1.26 bits per heavy atom. The first-order valence-corrected chi connectivity index (χ1v) is 7.20. The van der Waals surface area contributed by atoms with Gasteiger partial charge in [-0.3, -0.25) is 0 Å².